The third kappa shape index (κ3) is 3.19. The first-order chi connectivity index (χ1) is 11.7. The van der Waals surface area contributed by atoms with E-state index in [4.69, 9.17) is 0 Å². The molecule has 3 saturated carbocycles. The van der Waals surface area contributed by atoms with Crippen molar-refractivity contribution in [2.75, 3.05) is 0 Å². The quantitative estimate of drug-likeness (QED) is 0.529. The molecule has 0 heterocycles. The van der Waals surface area contributed by atoms with Crippen LogP contribution in [0.25, 0.3) is 0 Å². The smallest absolute Gasteiger partial charge is 0.123 e. The summed E-state index contributed by atoms with van der Waals surface area (Å²) in [5.41, 5.74) is 1.37. The monoisotopic (exact) mass is 326 g/mol. The highest BCUT2D eigenvalue weighted by Crippen LogP contribution is 2.54. The van der Waals surface area contributed by atoms with Gasteiger partial charge in [-0.3, -0.25) is 0 Å². The number of hydrogen-bond donors (Lipinski definition) is 0. The molecule has 1 aromatic carbocycles. The van der Waals surface area contributed by atoms with Gasteiger partial charge in [-0.2, -0.15) is 0 Å². The summed E-state index contributed by atoms with van der Waals surface area (Å²) in [7, 11) is 0. The predicted octanol–water partition coefficient (Wildman–Crippen LogP) is 6.73. The Bertz CT molecular complexity index is 572. The molecule has 0 radical (unpaired) electrons. The molecule has 0 aliphatic heterocycles. The van der Waals surface area contributed by atoms with Gasteiger partial charge >= 0.3 is 0 Å². The molecule has 1 aromatic rings. The number of rotatable bonds is 2. The summed E-state index contributed by atoms with van der Waals surface area (Å²) < 4.78 is 13.2. The Kier molecular flexibility index (Phi) is 4.79. The molecular weight excluding hydrogens is 295 g/mol. The number of benzene rings is 1. The largest absolute Gasteiger partial charge is 0.207 e. The molecule has 4 rings (SSSR count). The second-order valence-corrected chi connectivity index (χ2v) is 8.59. The van der Waals surface area contributed by atoms with Gasteiger partial charge in [0.2, 0.25) is 0 Å². The topological polar surface area (TPSA) is 0 Å². The van der Waals surface area contributed by atoms with Gasteiger partial charge in [0.15, 0.2) is 0 Å². The minimum Gasteiger partial charge on any atom is -0.207 e. The lowest BCUT2D eigenvalue weighted by molar-refractivity contribution is 0.0127. The highest BCUT2D eigenvalue weighted by Gasteiger charge is 2.44. The van der Waals surface area contributed by atoms with Crippen LogP contribution in [0.2, 0.25) is 0 Å². The number of hydrogen-bond acceptors (Lipinski definition) is 0. The zero-order valence-electron chi connectivity index (χ0n) is 15.0. The van der Waals surface area contributed by atoms with E-state index < -0.39 is 0 Å². The van der Waals surface area contributed by atoms with Gasteiger partial charge < -0.3 is 0 Å². The lowest BCUT2D eigenvalue weighted by atomic mass is 9.55. The van der Waals surface area contributed by atoms with Crippen LogP contribution in [0.1, 0.15) is 69.8 Å². The van der Waals surface area contributed by atoms with E-state index in [2.05, 4.69) is 19.1 Å². The summed E-state index contributed by atoms with van der Waals surface area (Å²) in [5, 5.41) is 0. The molecule has 0 spiro atoms. The SMILES string of the molecule is C/C=C/C1CCC2C(CCC3CC(c4ccc(F)cc4)CCC32)C1. The lowest BCUT2D eigenvalue weighted by Gasteiger charge is -2.50. The molecule has 130 valence electrons. The predicted molar refractivity (Wildman–Crippen MR) is 98.3 cm³/mol. The molecule has 0 saturated heterocycles. The molecule has 1 heteroatoms. The molecule has 24 heavy (non-hydrogen) atoms. The van der Waals surface area contributed by atoms with Crippen LogP contribution in [0.5, 0.6) is 0 Å². The second-order valence-electron chi connectivity index (χ2n) is 8.59. The van der Waals surface area contributed by atoms with E-state index in [9.17, 15) is 4.39 Å². The fraction of sp³-hybridized carbons (Fsp3) is 0.652. The highest BCUT2D eigenvalue weighted by atomic mass is 19.1. The number of allylic oxidation sites excluding steroid dienone is 2. The fourth-order valence-electron chi connectivity index (χ4n) is 6.32. The summed E-state index contributed by atoms with van der Waals surface area (Å²) >= 11 is 0. The molecule has 0 amide bonds. The van der Waals surface area contributed by atoms with Crippen molar-refractivity contribution in [1.82, 2.24) is 0 Å². The first-order valence-electron chi connectivity index (χ1n) is 10.1. The Hall–Kier alpha value is -1.11. The van der Waals surface area contributed by atoms with Crippen molar-refractivity contribution < 1.29 is 4.39 Å². The maximum atomic E-state index is 13.2. The first kappa shape index (κ1) is 16.4. The Balaban J connectivity index is 1.42. The summed E-state index contributed by atoms with van der Waals surface area (Å²) in [5.74, 6) is 5.31. The van der Waals surface area contributed by atoms with Gasteiger partial charge in [-0.15, -0.1) is 0 Å². The van der Waals surface area contributed by atoms with Gasteiger partial charge in [-0.25, -0.2) is 4.39 Å². The van der Waals surface area contributed by atoms with E-state index in [1.54, 1.807) is 12.1 Å². The van der Waals surface area contributed by atoms with E-state index in [0.717, 1.165) is 29.6 Å². The van der Waals surface area contributed by atoms with Crippen LogP contribution in [0, 0.1) is 35.4 Å². The molecule has 0 bridgehead atoms. The first-order valence-corrected chi connectivity index (χ1v) is 10.1. The van der Waals surface area contributed by atoms with Crippen LogP contribution in [0.3, 0.4) is 0 Å². The normalized spacial score (nSPS) is 39.4. The maximum Gasteiger partial charge on any atom is 0.123 e. The molecule has 3 fully saturated rings. The van der Waals surface area contributed by atoms with Crippen molar-refractivity contribution in [2.45, 2.75) is 64.2 Å². The van der Waals surface area contributed by atoms with E-state index in [1.165, 1.54) is 56.9 Å². The zero-order chi connectivity index (χ0) is 16.5. The summed E-state index contributed by atoms with van der Waals surface area (Å²) in [6.45, 7) is 2.17. The number of fused-ring (bicyclic) bond motifs is 3. The average Bonchev–Trinajstić information content (AvgIpc) is 2.62. The Labute approximate surface area is 146 Å². The highest BCUT2D eigenvalue weighted by molar-refractivity contribution is 5.21. The van der Waals surface area contributed by atoms with Crippen molar-refractivity contribution >= 4 is 0 Å². The van der Waals surface area contributed by atoms with Gasteiger partial charge in [0.1, 0.15) is 5.82 Å². The minimum atomic E-state index is -0.106. The molecule has 6 atom stereocenters. The zero-order valence-corrected chi connectivity index (χ0v) is 15.0. The van der Waals surface area contributed by atoms with Crippen molar-refractivity contribution in [3.8, 4) is 0 Å². The third-order valence-electron chi connectivity index (χ3n) is 7.39. The van der Waals surface area contributed by atoms with Crippen LogP contribution in [-0.2, 0) is 0 Å². The van der Waals surface area contributed by atoms with Crippen LogP contribution in [0.4, 0.5) is 4.39 Å². The molecule has 0 nitrogen and oxygen atoms in total. The van der Waals surface area contributed by atoms with Crippen LogP contribution in [0.15, 0.2) is 36.4 Å². The Morgan fingerprint density at radius 3 is 2.21 bits per heavy atom. The summed E-state index contributed by atoms with van der Waals surface area (Å²) in [6, 6.07) is 7.32. The van der Waals surface area contributed by atoms with Gasteiger partial charge in [0.05, 0.1) is 0 Å². The van der Waals surface area contributed by atoms with Crippen molar-refractivity contribution in [2.24, 2.45) is 29.6 Å². The molecule has 0 N–H and O–H groups in total. The van der Waals surface area contributed by atoms with Gasteiger partial charge in [0, 0.05) is 0 Å². The van der Waals surface area contributed by atoms with Crippen molar-refractivity contribution in [3.63, 3.8) is 0 Å². The van der Waals surface area contributed by atoms with E-state index >= 15 is 0 Å². The van der Waals surface area contributed by atoms with Crippen LogP contribution in [-0.4, -0.2) is 0 Å². The average molecular weight is 326 g/mol. The molecular formula is C23H31F. The van der Waals surface area contributed by atoms with Crippen LogP contribution < -0.4 is 0 Å². The summed E-state index contributed by atoms with van der Waals surface area (Å²) in [6.07, 6.45) is 16.0. The molecule has 6 unspecified atom stereocenters. The Morgan fingerprint density at radius 2 is 1.50 bits per heavy atom. The lowest BCUT2D eigenvalue weighted by Crippen LogP contribution is -2.41. The molecule has 3 aliphatic carbocycles. The van der Waals surface area contributed by atoms with Crippen LogP contribution >= 0.6 is 0 Å². The summed E-state index contributed by atoms with van der Waals surface area (Å²) in [4.78, 5) is 0. The van der Waals surface area contributed by atoms with E-state index in [0.29, 0.717) is 5.92 Å². The minimum absolute atomic E-state index is 0.106. The molecule has 0 aromatic heterocycles. The Morgan fingerprint density at radius 1 is 0.833 bits per heavy atom. The third-order valence-corrected chi connectivity index (χ3v) is 7.39. The van der Waals surface area contributed by atoms with Gasteiger partial charge in [-0.1, -0.05) is 24.3 Å². The second kappa shape index (κ2) is 7.02. The van der Waals surface area contributed by atoms with Gasteiger partial charge in [0.25, 0.3) is 0 Å². The fourth-order valence-corrected chi connectivity index (χ4v) is 6.32. The maximum absolute atomic E-state index is 13.2. The molecule has 3 aliphatic rings. The standard InChI is InChI=1S/C23H31F/c1-2-3-16-4-12-22-19(14-16)5-6-20-15-18(9-13-23(20)22)17-7-10-21(24)11-8-17/h2-3,7-8,10-11,16,18-20,22-23H,4-6,9,12-15H2,1H3/b3-2+. The van der Waals surface area contributed by atoms with E-state index in [1.807, 2.05) is 12.1 Å². The number of halogens is 1. The van der Waals surface area contributed by atoms with Gasteiger partial charge in [-0.05, 0) is 111 Å². The van der Waals surface area contributed by atoms with Crippen molar-refractivity contribution in [3.05, 3.63) is 47.8 Å². The van der Waals surface area contributed by atoms with Crippen molar-refractivity contribution in [1.29, 1.82) is 0 Å². The van der Waals surface area contributed by atoms with E-state index in [-0.39, 0.29) is 5.82 Å².